The van der Waals surface area contributed by atoms with Crippen molar-refractivity contribution in [2.45, 2.75) is 0 Å². The molecule has 0 saturated carbocycles. The molecule has 3 nitrogen and oxygen atoms in total. The summed E-state index contributed by atoms with van der Waals surface area (Å²) in [6.07, 6.45) is 3.32. The van der Waals surface area contributed by atoms with Gasteiger partial charge in [0.15, 0.2) is 5.75 Å². The van der Waals surface area contributed by atoms with Gasteiger partial charge in [0, 0.05) is 35.7 Å². The first-order chi connectivity index (χ1) is 7.83. The lowest BCUT2D eigenvalue weighted by molar-refractivity contribution is 0.479. The van der Waals surface area contributed by atoms with E-state index in [2.05, 4.69) is 22.6 Å². The molecule has 1 aromatic carbocycles. The Morgan fingerprint density at radius 1 is 1.38 bits per heavy atom. The number of benzene rings is 1. The Labute approximate surface area is 99.3 Å². The van der Waals surface area contributed by atoms with Crippen LogP contribution in [0.15, 0.2) is 35.5 Å². The van der Waals surface area contributed by atoms with E-state index in [0.717, 1.165) is 5.39 Å². The maximum Gasteiger partial charge on any atom is 0.150 e. The van der Waals surface area contributed by atoms with E-state index >= 15 is 0 Å². The largest absolute Gasteiger partial charge is 0.505 e. The molecule has 1 aromatic heterocycles. The lowest BCUT2D eigenvalue weighted by atomic mass is 10.1. The molecule has 0 unspecified atom stereocenters. The summed E-state index contributed by atoms with van der Waals surface area (Å²) in [7, 11) is 0. The van der Waals surface area contributed by atoms with Crippen molar-refractivity contribution in [2.24, 2.45) is 4.99 Å². The van der Waals surface area contributed by atoms with Crippen molar-refractivity contribution < 1.29 is 5.11 Å². The minimum atomic E-state index is 0.181. The van der Waals surface area contributed by atoms with E-state index in [1.807, 2.05) is 24.3 Å². The first-order valence-electron chi connectivity index (χ1n) is 5.00. The predicted octanol–water partition coefficient (Wildman–Crippen LogP) is 2.29. The third-order valence-electron chi connectivity index (χ3n) is 2.24. The number of thiol groups is 1. The van der Waals surface area contributed by atoms with Gasteiger partial charge in [0.05, 0.1) is 0 Å². The first-order valence-corrected chi connectivity index (χ1v) is 5.63. The molecule has 0 atom stereocenters. The van der Waals surface area contributed by atoms with Gasteiger partial charge in [-0.3, -0.25) is 9.98 Å². The normalized spacial score (nSPS) is 11.3. The number of nitrogens with zero attached hydrogens (tertiary/aromatic N) is 2. The number of pyridine rings is 1. The Balaban J connectivity index is 2.44. The molecule has 0 radical (unpaired) electrons. The number of aromatic hydroxyl groups is 1. The Hall–Kier alpha value is -1.55. The van der Waals surface area contributed by atoms with E-state index < -0.39 is 0 Å². The molecule has 1 heterocycles. The van der Waals surface area contributed by atoms with E-state index in [0.29, 0.717) is 23.4 Å². The van der Waals surface area contributed by atoms with Crippen molar-refractivity contribution in [2.75, 3.05) is 12.3 Å². The van der Waals surface area contributed by atoms with Crippen molar-refractivity contribution in [3.05, 3.63) is 36.0 Å². The van der Waals surface area contributed by atoms with Crippen molar-refractivity contribution >= 4 is 29.7 Å². The number of fused-ring (bicyclic) bond motifs is 1. The van der Waals surface area contributed by atoms with E-state index in [-0.39, 0.29) is 5.75 Å². The second kappa shape index (κ2) is 4.99. The van der Waals surface area contributed by atoms with Crippen molar-refractivity contribution in [3.8, 4) is 5.75 Å². The van der Waals surface area contributed by atoms with Gasteiger partial charge in [0.1, 0.15) is 5.52 Å². The van der Waals surface area contributed by atoms with Crippen LogP contribution in [-0.2, 0) is 0 Å². The van der Waals surface area contributed by atoms with Gasteiger partial charge >= 0.3 is 0 Å². The Kier molecular flexibility index (Phi) is 3.41. The highest BCUT2D eigenvalue weighted by Crippen LogP contribution is 2.25. The maximum atomic E-state index is 9.98. The Morgan fingerprint density at radius 2 is 2.25 bits per heavy atom. The summed E-state index contributed by atoms with van der Waals surface area (Å²) in [6.45, 7) is 0.642. The monoisotopic (exact) mass is 232 g/mol. The molecule has 0 saturated heterocycles. The predicted molar refractivity (Wildman–Crippen MR) is 69.7 cm³/mol. The third kappa shape index (κ3) is 2.17. The average molecular weight is 232 g/mol. The summed E-state index contributed by atoms with van der Waals surface area (Å²) >= 11 is 4.06. The molecule has 2 rings (SSSR count). The van der Waals surface area contributed by atoms with Gasteiger partial charge in [-0.25, -0.2) is 0 Å². The number of hydrogen-bond acceptors (Lipinski definition) is 4. The molecule has 1 N–H and O–H groups in total. The van der Waals surface area contributed by atoms with Crippen molar-refractivity contribution in [3.63, 3.8) is 0 Å². The number of aliphatic imine (C=N–C) groups is 1. The minimum Gasteiger partial charge on any atom is -0.505 e. The zero-order valence-electron chi connectivity index (χ0n) is 8.67. The molecule has 0 bridgehead atoms. The SMILES string of the molecule is Oc1c(C=NCCS)ccc2cccnc12. The second-order valence-electron chi connectivity index (χ2n) is 3.34. The number of hydrogen-bond donors (Lipinski definition) is 2. The molecule has 0 spiro atoms. The van der Waals surface area contributed by atoms with Crippen LogP contribution in [0.1, 0.15) is 5.56 Å². The van der Waals surface area contributed by atoms with Crippen LogP contribution in [0.3, 0.4) is 0 Å². The molecule has 16 heavy (non-hydrogen) atoms. The molecule has 0 aliphatic heterocycles. The Bertz CT molecular complexity index is 525. The number of phenols is 1. The lowest BCUT2D eigenvalue weighted by Gasteiger charge is -2.02. The number of aromatic nitrogens is 1. The molecule has 2 aromatic rings. The lowest BCUT2D eigenvalue weighted by Crippen LogP contribution is -1.88. The fourth-order valence-electron chi connectivity index (χ4n) is 1.47. The summed E-state index contributed by atoms with van der Waals surface area (Å²) < 4.78 is 0. The van der Waals surface area contributed by atoms with Gasteiger partial charge in [-0.2, -0.15) is 12.6 Å². The zero-order chi connectivity index (χ0) is 11.4. The zero-order valence-corrected chi connectivity index (χ0v) is 9.56. The molecule has 0 amide bonds. The van der Waals surface area contributed by atoms with Gasteiger partial charge in [-0.15, -0.1) is 0 Å². The first kappa shape index (κ1) is 11.0. The molecule has 0 fully saturated rings. The standard InChI is InChI=1S/C12H12N2OS/c15-12-10(8-13-6-7-16)4-3-9-2-1-5-14-11(9)12/h1-5,8,15-16H,6-7H2. The van der Waals surface area contributed by atoms with E-state index in [1.165, 1.54) is 0 Å². The molecular weight excluding hydrogens is 220 g/mol. The van der Waals surface area contributed by atoms with E-state index in [9.17, 15) is 5.11 Å². The van der Waals surface area contributed by atoms with Crippen LogP contribution in [0, 0.1) is 0 Å². The Morgan fingerprint density at radius 3 is 3.06 bits per heavy atom. The van der Waals surface area contributed by atoms with Gasteiger partial charge in [0.2, 0.25) is 0 Å². The molecular formula is C12H12N2OS. The highest BCUT2D eigenvalue weighted by molar-refractivity contribution is 7.80. The van der Waals surface area contributed by atoms with Gasteiger partial charge < -0.3 is 5.11 Å². The van der Waals surface area contributed by atoms with Crippen LogP contribution in [0.25, 0.3) is 10.9 Å². The smallest absolute Gasteiger partial charge is 0.150 e. The van der Waals surface area contributed by atoms with Crippen LogP contribution in [0.2, 0.25) is 0 Å². The van der Waals surface area contributed by atoms with Crippen LogP contribution in [0.4, 0.5) is 0 Å². The minimum absolute atomic E-state index is 0.181. The van der Waals surface area contributed by atoms with Crippen molar-refractivity contribution in [1.82, 2.24) is 4.98 Å². The highest BCUT2D eigenvalue weighted by atomic mass is 32.1. The fourth-order valence-corrected chi connectivity index (χ4v) is 1.59. The summed E-state index contributed by atoms with van der Waals surface area (Å²) in [6, 6.07) is 7.51. The topological polar surface area (TPSA) is 45.5 Å². The summed E-state index contributed by atoms with van der Waals surface area (Å²) in [4.78, 5) is 8.28. The number of phenolic OH excluding ortho intramolecular Hbond substituents is 1. The quantitative estimate of drug-likeness (QED) is 0.630. The average Bonchev–Trinajstić information content (AvgIpc) is 2.33. The van der Waals surface area contributed by atoms with Crippen LogP contribution >= 0.6 is 12.6 Å². The third-order valence-corrected chi connectivity index (χ3v) is 2.44. The second-order valence-corrected chi connectivity index (χ2v) is 3.78. The summed E-state index contributed by atoms with van der Waals surface area (Å²) in [5.74, 6) is 0.879. The molecule has 0 aliphatic carbocycles. The van der Waals surface area contributed by atoms with E-state index in [1.54, 1.807) is 12.4 Å². The van der Waals surface area contributed by atoms with Gasteiger partial charge in [0.25, 0.3) is 0 Å². The molecule has 82 valence electrons. The van der Waals surface area contributed by atoms with Gasteiger partial charge in [-0.05, 0) is 12.1 Å². The van der Waals surface area contributed by atoms with Crippen LogP contribution < -0.4 is 0 Å². The van der Waals surface area contributed by atoms with Crippen molar-refractivity contribution in [1.29, 1.82) is 0 Å². The summed E-state index contributed by atoms with van der Waals surface area (Å²) in [5.41, 5.74) is 1.30. The molecule has 0 aliphatic rings. The maximum absolute atomic E-state index is 9.98. The number of rotatable bonds is 3. The highest BCUT2D eigenvalue weighted by Gasteiger charge is 2.04. The van der Waals surface area contributed by atoms with Crippen LogP contribution in [-0.4, -0.2) is 28.6 Å². The van der Waals surface area contributed by atoms with Gasteiger partial charge in [-0.1, -0.05) is 12.1 Å². The fraction of sp³-hybridized carbons (Fsp3) is 0.167. The van der Waals surface area contributed by atoms with E-state index in [4.69, 9.17) is 0 Å². The molecule has 4 heteroatoms. The van der Waals surface area contributed by atoms with Crippen LogP contribution in [0.5, 0.6) is 5.75 Å². The summed E-state index contributed by atoms with van der Waals surface area (Å²) in [5, 5.41) is 10.9.